The summed E-state index contributed by atoms with van der Waals surface area (Å²) in [6.45, 7) is 0.746. The molecule has 0 spiro atoms. The summed E-state index contributed by atoms with van der Waals surface area (Å²) >= 11 is 1.57. The lowest BCUT2D eigenvalue weighted by atomic mass is 9.86. The first-order valence-corrected chi connectivity index (χ1v) is 8.62. The van der Waals surface area contributed by atoms with Crippen molar-refractivity contribution in [1.29, 1.82) is 0 Å². The third-order valence-electron chi connectivity index (χ3n) is 4.35. The Morgan fingerprint density at radius 1 is 1.32 bits per heavy atom. The monoisotopic (exact) mass is 320 g/mol. The van der Waals surface area contributed by atoms with Crippen LogP contribution in [0.15, 0.2) is 23.1 Å². The summed E-state index contributed by atoms with van der Waals surface area (Å²) in [4.78, 5) is 23.5. The van der Waals surface area contributed by atoms with Gasteiger partial charge in [-0.3, -0.25) is 9.59 Å². The fourth-order valence-corrected chi connectivity index (χ4v) is 3.84. The molecule has 118 valence electrons. The third kappa shape index (κ3) is 3.62. The molecule has 1 aliphatic heterocycles. The lowest BCUT2D eigenvalue weighted by Gasteiger charge is -2.27. The minimum Gasteiger partial charge on any atom is -0.481 e. The highest BCUT2D eigenvalue weighted by Crippen LogP contribution is 2.32. The van der Waals surface area contributed by atoms with Crippen molar-refractivity contribution in [3.8, 4) is 0 Å². The molecule has 1 amide bonds. The molecule has 0 unspecified atom stereocenters. The Morgan fingerprint density at radius 3 is 2.82 bits per heavy atom. The van der Waals surface area contributed by atoms with E-state index >= 15 is 0 Å². The minimum absolute atomic E-state index is 0.0506. The molecule has 6 heteroatoms. The molecule has 22 heavy (non-hydrogen) atoms. The molecule has 2 aliphatic rings. The summed E-state index contributed by atoms with van der Waals surface area (Å²) in [7, 11) is 0. The Morgan fingerprint density at radius 2 is 2.09 bits per heavy atom. The molecule has 1 aromatic carbocycles. The highest BCUT2D eigenvalue weighted by molar-refractivity contribution is 8.00. The van der Waals surface area contributed by atoms with Crippen LogP contribution in [0.2, 0.25) is 0 Å². The van der Waals surface area contributed by atoms with Gasteiger partial charge in [0, 0.05) is 17.5 Å². The predicted octanol–water partition coefficient (Wildman–Crippen LogP) is 2.46. The smallest absolute Gasteiger partial charge is 0.306 e. The van der Waals surface area contributed by atoms with E-state index in [1.165, 1.54) is 0 Å². The Balaban J connectivity index is 1.53. The summed E-state index contributed by atoms with van der Waals surface area (Å²) in [6.07, 6.45) is 3.33. The van der Waals surface area contributed by atoms with Crippen LogP contribution in [-0.4, -0.2) is 28.8 Å². The number of rotatable bonds is 4. The largest absolute Gasteiger partial charge is 0.481 e. The van der Waals surface area contributed by atoms with Crippen LogP contribution in [0.5, 0.6) is 0 Å². The van der Waals surface area contributed by atoms with E-state index in [1.54, 1.807) is 11.8 Å². The van der Waals surface area contributed by atoms with Crippen molar-refractivity contribution in [3.05, 3.63) is 23.8 Å². The number of nitrogens with one attached hydrogen (secondary N) is 2. The molecule has 3 N–H and O–H groups in total. The number of carboxylic acids is 1. The maximum Gasteiger partial charge on any atom is 0.306 e. The molecule has 0 radical (unpaired) electrons. The minimum atomic E-state index is -0.665. The van der Waals surface area contributed by atoms with Gasteiger partial charge in [0.25, 0.3) is 0 Å². The van der Waals surface area contributed by atoms with Crippen molar-refractivity contribution < 1.29 is 14.7 Å². The average Bonchev–Trinajstić information content (AvgIpc) is 2.53. The van der Waals surface area contributed by atoms with Crippen LogP contribution in [0.25, 0.3) is 0 Å². The first-order valence-electron chi connectivity index (χ1n) is 7.63. The summed E-state index contributed by atoms with van der Waals surface area (Å²) in [5.41, 5.74) is 2.04. The topological polar surface area (TPSA) is 78.4 Å². The van der Waals surface area contributed by atoms with Crippen molar-refractivity contribution >= 4 is 29.3 Å². The molecule has 0 bridgehead atoms. The standard InChI is InChI=1S/C16H20N2O3S/c19-15-9-22-14-6-1-10(7-13(14)18-15)8-17-12-4-2-11(3-5-12)16(20)21/h1,6-7,11-12,17H,2-5,8-9H2,(H,18,19)(H,20,21)/t11-,12-. The van der Waals surface area contributed by atoms with Gasteiger partial charge in [0.1, 0.15) is 0 Å². The fourth-order valence-electron chi connectivity index (χ4n) is 3.05. The second-order valence-corrected chi connectivity index (χ2v) is 6.95. The Hall–Kier alpha value is -1.53. The van der Waals surface area contributed by atoms with Crippen LogP contribution in [0.1, 0.15) is 31.2 Å². The molecule has 5 nitrogen and oxygen atoms in total. The number of amides is 1. The number of thioether (sulfide) groups is 1. The van der Waals surface area contributed by atoms with Crippen molar-refractivity contribution in [3.63, 3.8) is 0 Å². The second kappa shape index (κ2) is 6.71. The maximum absolute atomic E-state index is 11.4. The van der Waals surface area contributed by atoms with Crippen molar-refractivity contribution in [2.24, 2.45) is 5.92 Å². The number of anilines is 1. The van der Waals surface area contributed by atoms with E-state index in [9.17, 15) is 9.59 Å². The number of carboxylic acid groups (broad SMARTS) is 1. The van der Waals surface area contributed by atoms with E-state index in [0.717, 1.165) is 48.4 Å². The van der Waals surface area contributed by atoms with Gasteiger partial charge in [-0.05, 0) is 43.4 Å². The number of benzene rings is 1. The van der Waals surface area contributed by atoms with Gasteiger partial charge in [0.15, 0.2) is 0 Å². The molecular formula is C16H20N2O3S. The average molecular weight is 320 g/mol. The van der Waals surface area contributed by atoms with Crippen LogP contribution in [0.4, 0.5) is 5.69 Å². The molecule has 0 aromatic heterocycles. The quantitative estimate of drug-likeness (QED) is 0.794. The molecule has 0 saturated heterocycles. The molecular weight excluding hydrogens is 300 g/mol. The summed E-state index contributed by atoms with van der Waals surface area (Å²) < 4.78 is 0. The predicted molar refractivity (Wildman–Crippen MR) is 86.0 cm³/mol. The first kappa shape index (κ1) is 15.4. The van der Waals surface area contributed by atoms with Gasteiger partial charge in [0.2, 0.25) is 5.91 Å². The van der Waals surface area contributed by atoms with Gasteiger partial charge in [0.05, 0.1) is 17.4 Å². The molecule has 1 fully saturated rings. The number of hydrogen-bond acceptors (Lipinski definition) is 4. The molecule has 1 saturated carbocycles. The zero-order valence-corrected chi connectivity index (χ0v) is 13.1. The van der Waals surface area contributed by atoms with Gasteiger partial charge in [-0.1, -0.05) is 6.07 Å². The highest BCUT2D eigenvalue weighted by Gasteiger charge is 2.25. The van der Waals surface area contributed by atoms with Crippen molar-refractivity contribution in [1.82, 2.24) is 5.32 Å². The number of aliphatic carboxylic acids is 1. The lowest BCUT2D eigenvalue weighted by Crippen LogP contribution is -2.34. The number of carbonyl (C=O) groups excluding carboxylic acids is 1. The fraction of sp³-hybridized carbons (Fsp3) is 0.500. The normalized spacial score (nSPS) is 24.5. The number of fused-ring (bicyclic) bond motifs is 1. The van der Waals surface area contributed by atoms with Crippen LogP contribution in [0.3, 0.4) is 0 Å². The summed E-state index contributed by atoms with van der Waals surface area (Å²) in [5.74, 6) is -0.303. The van der Waals surface area contributed by atoms with Crippen LogP contribution < -0.4 is 10.6 Å². The van der Waals surface area contributed by atoms with Gasteiger partial charge >= 0.3 is 5.97 Å². The van der Waals surface area contributed by atoms with E-state index in [4.69, 9.17) is 5.11 Å². The molecule has 1 heterocycles. The summed E-state index contributed by atoms with van der Waals surface area (Å²) in [6, 6.07) is 6.54. The van der Waals surface area contributed by atoms with Gasteiger partial charge in [-0.25, -0.2) is 0 Å². The Bertz CT molecular complexity index is 583. The number of carbonyl (C=O) groups is 2. The van der Waals surface area contributed by atoms with Crippen molar-refractivity contribution in [2.75, 3.05) is 11.1 Å². The molecule has 1 aromatic rings. The maximum atomic E-state index is 11.4. The zero-order valence-electron chi connectivity index (χ0n) is 12.3. The summed E-state index contributed by atoms with van der Waals surface area (Å²) in [5, 5.41) is 15.4. The van der Waals surface area contributed by atoms with Crippen LogP contribution >= 0.6 is 11.8 Å². The molecule has 1 aliphatic carbocycles. The Labute approximate surface area is 133 Å². The molecule has 0 atom stereocenters. The van der Waals surface area contributed by atoms with Gasteiger partial charge in [-0.15, -0.1) is 11.8 Å². The lowest BCUT2D eigenvalue weighted by molar-refractivity contribution is -0.142. The van der Waals surface area contributed by atoms with Crippen LogP contribution in [0, 0.1) is 5.92 Å². The van der Waals surface area contributed by atoms with Crippen LogP contribution in [-0.2, 0) is 16.1 Å². The van der Waals surface area contributed by atoms with E-state index in [1.807, 2.05) is 6.07 Å². The van der Waals surface area contributed by atoms with E-state index < -0.39 is 5.97 Å². The van der Waals surface area contributed by atoms with Gasteiger partial charge < -0.3 is 15.7 Å². The van der Waals surface area contributed by atoms with E-state index in [-0.39, 0.29) is 11.8 Å². The third-order valence-corrected chi connectivity index (χ3v) is 5.42. The van der Waals surface area contributed by atoms with E-state index in [0.29, 0.717) is 11.8 Å². The first-order chi connectivity index (χ1) is 10.6. The van der Waals surface area contributed by atoms with E-state index in [2.05, 4.69) is 22.8 Å². The van der Waals surface area contributed by atoms with Gasteiger partial charge in [-0.2, -0.15) is 0 Å². The zero-order chi connectivity index (χ0) is 15.5. The number of hydrogen-bond donors (Lipinski definition) is 3. The second-order valence-electron chi connectivity index (χ2n) is 5.94. The molecule has 3 rings (SSSR count). The SMILES string of the molecule is O=C1CSc2ccc(CN[C@H]3CC[C@H](C(=O)O)CC3)cc2N1. The highest BCUT2D eigenvalue weighted by atomic mass is 32.2. The Kier molecular flexibility index (Phi) is 4.69. The van der Waals surface area contributed by atoms with Crippen molar-refractivity contribution in [2.45, 2.75) is 43.2 Å².